The molecule has 0 spiro atoms. The van der Waals surface area contributed by atoms with Crippen LogP contribution in [0.4, 0.5) is 5.69 Å². The lowest BCUT2D eigenvalue weighted by molar-refractivity contribution is 0.0962. The summed E-state index contributed by atoms with van der Waals surface area (Å²) < 4.78 is 0. The van der Waals surface area contributed by atoms with Crippen molar-refractivity contribution < 1.29 is 9.59 Å². The van der Waals surface area contributed by atoms with Crippen molar-refractivity contribution in [2.75, 3.05) is 19.5 Å². The maximum absolute atomic E-state index is 11.7. The van der Waals surface area contributed by atoms with Gasteiger partial charge < -0.3 is 16.4 Å². The molecule has 0 radical (unpaired) electrons. The highest BCUT2D eigenvalue weighted by molar-refractivity contribution is 6.45. The number of rotatable bonds is 5. The van der Waals surface area contributed by atoms with Crippen LogP contribution in [0.1, 0.15) is 20.7 Å². The Labute approximate surface area is 126 Å². The zero-order chi connectivity index (χ0) is 16.7. The smallest absolute Gasteiger partial charge is 0.251 e. The molecule has 0 atom stereocenters. The predicted octanol–water partition coefficient (Wildman–Crippen LogP) is -0.367. The van der Waals surface area contributed by atoms with Gasteiger partial charge in [-0.15, -0.1) is 0 Å². The van der Waals surface area contributed by atoms with Gasteiger partial charge in [0.1, 0.15) is 6.07 Å². The lowest BCUT2D eigenvalue weighted by atomic mass is 10.1. The molecule has 0 bridgehead atoms. The zero-order valence-electron chi connectivity index (χ0n) is 12.0. The first kappa shape index (κ1) is 16.6. The average Bonchev–Trinajstić information content (AvgIpc) is 2.53. The molecule has 0 aliphatic rings. The van der Waals surface area contributed by atoms with E-state index in [0.29, 0.717) is 5.69 Å². The number of nitriles is 1. The number of carbonyl (C=O) groups excluding carboxylic acids is 2. The van der Waals surface area contributed by atoms with Gasteiger partial charge in [-0.05, 0) is 18.2 Å². The number of carbonyl (C=O) groups is 2. The number of amides is 2. The second-order valence-electron chi connectivity index (χ2n) is 4.05. The van der Waals surface area contributed by atoms with Crippen molar-refractivity contribution >= 4 is 29.0 Å². The number of nitrogens with zero attached hydrogens (tertiary/aromatic N) is 2. The number of hydrogen-bond donors (Lipinski definition) is 5. The van der Waals surface area contributed by atoms with Gasteiger partial charge in [0, 0.05) is 25.2 Å². The highest BCUT2D eigenvalue weighted by Gasteiger charge is 2.11. The van der Waals surface area contributed by atoms with E-state index in [2.05, 4.69) is 21.2 Å². The number of nitrogens with one attached hydrogen (secondary N) is 4. The fraction of sp³-hybridized carbons (Fsp3) is 0.154. The molecule has 0 saturated heterocycles. The molecule has 0 aliphatic heterocycles. The van der Waals surface area contributed by atoms with E-state index in [4.69, 9.17) is 16.4 Å². The van der Waals surface area contributed by atoms with Crippen molar-refractivity contribution in [3.05, 3.63) is 29.3 Å². The van der Waals surface area contributed by atoms with Crippen molar-refractivity contribution in [1.29, 1.82) is 10.7 Å². The molecule has 0 aliphatic carbocycles. The zero-order valence-corrected chi connectivity index (χ0v) is 12.0. The first-order valence-electron chi connectivity index (χ1n) is 6.10. The largest absolute Gasteiger partial charge is 0.382 e. The Hall–Kier alpha value is -3.41. The van der Waals surface area contributed by atoms with Crippen LogP contribution in [0.3, 0.4) is 0 Å². The van der Waals surface area contributed by atoms with E-state index < -0.39 is 5.84 Å². The standard InChI is InChI=1S/C13H15N7O2/c1-17-12(21)7-3-8(13(22)18-2)5-9(4-7)19-20-10(6-14)11(15)16/h3-5,19H,1-2H3,(H3,15,16)(H,17,21)(H,18,22)/b20-10+. The van der Waals surface area contributed by atoms with Gasteiger partial charge in [-0.25, -0.2) is 0 Å². The molecular formula is C13H15N7O2. The molecule has 114 valence electrons. The summed E-state index contributed by atoms with van der Waals surface area (Å²) in [6, 6.07) is 5.96. The summed E-state index contributed by atoms with van der Waals surface area (Å²) in [5.41, 5.74) is 8.14. The van der Waals surface area contributed by atoms with Crippen molar-refractivity contribution in [1.82, 2.24) is 10.6 Å². The van der Waals surface area contributed by atoms with E-state index >= 15 is 0 Å². The number of hydrogen-bond acceptors (Lipinski definition) is 6. The van der Waals surface area contributed by atoms with Crippen molar-refractivity contribution in [3.63, 3.8) is 0 Å². The van der Waals surface area contributed by atoms with Crippen LogP contribution in [-0.4, -0.2) is 37.5 Å². The van der Waals surface area contributed by atoms with Crippen LogP contribution in [0, 0.1) is 16.7 Å². The van der Waals surface area contributed by atoms with E-state index in [1.54, 1.807) is 6.07 Å². The minimum atomic E-state index is -0.496. The summed E-state index contributed by atoms with van der Waals surface area (Å²) in [5.74, 6) is -1.27. The molecule has 22 heavy (non-hydrogen) atoms. The monoisotopic (exact) mass is 301 g/mol. The van der Waals surface area contributed by atoms with Gasteiger partial charge in [0.2, 0.25) is 5.71 Å². The van der Waals surface area contributed by atoms with Crippen LogP contribution in [0.15, 0.2) is 23.3 Å². The third-order valence-corrected chi connectivity index (χ3v) is 2.57. The Balaban J connectivity index is 3.24. The Bertz CT molecular complexity index is 654. The van der Waals surface area contributed by atoms with E-state index in [1.165, 1.54) is 32.3 Å². The molecule has 2 amide bonds. The Morgan fingerprint density at radius 2 is 1.68 bits per heavy atom. The van der Waals surface area contributed by atoms with Gasteiger partial charge in [-0.1, -0.05) is 0 Å². The average molecular weight is 301 g/mol. The fourth-order valence-corrected chi connectivity index (χ4v) is 1.51. The molecule has 0 fully saturated rings. The third kappa shape index (κ3) is 4.04. The summed E-state index contributed by atoms with van der Waals surface area (Å²) in [4.78, 5) is 23.4. The van der Waals surface area contributed by atoms with Crippen LogP contribution >= 0.6 is 0 Å². The third-order valence-electron chi connectivity index (χ3n) is 2.57. The molecule has 6 N–H and O–H groups in total. The Morgan fingerprint density at radius 3 is 2.05 bits per heavy atom. The number of benzene rings is 1. The van der Waals surface area contributed by atoms with Gasteiger partial charge in [-0.2, -0.15) is 10.4 Å². The maximum atomic E-state index is 11.7. The van der Waals surface area contributed by atoms with Crippen molar-refractivity contribution in [2.45, 2.75) is 0 Å². The lowest BCUT2D eigenvalue weighted by Gasteiger charge is -2.08. The molecule has 1 rings (SSSR count). The highest BCUT2D eigenvalue weighted by atomic mass is 16.2. The highest BCUT2D eigenvalue weighted by Crippen LogP contribution is 2.15. The van der Waals surface area contributed by atoms with Crippen LogP contribution in [-0.2, 0) is 0 Å². The number of anilines is 1. The Kier molecular flexibility index (Phi) is 5.59. The second-order valence-corrected chi connectivity index (χ2v) is 4.05. The van der Waals surface area contributed by atoms with Crippen LogP contribution in [0.25, 0.3) is 0 Å². The Morgan fingerprint density at radius 1 is 1.18 bits per heavy atom. The van der Waals surface area contributed by atoms with Gasteiger partial charge in [0.15, 0.2) is 5.84 Å². The molecule has 0 unspecified atom stereocenters. The molecule has 1 aromatic carbocycles. The number of hydrazone groups is 1. The fourth-order valence-electron chi connectivity index (χ4n) is 1.51. The maximum Gasteiger partial charge on any atom is 0.251 e. The molecule has 0 heterocycles. The van der Waals surface area contributed by atoms with Crippen molar-refractivity contribution in [3.8, 4) is 6.07 Å². The normalized spacial score (nSPS) is 10.3. The molecule has 9 heteroatoms. The predicted molar refractivity (Wildman–Crippen MR) is 81.8 cm³/mol. The van der Waals surface area contributed by atoms with Gasteiger partial charge in [-0.3, -0.25) is 20.4 Å². The van der Waals surface area contributed by atoms with Gasteiger partial charge in [0.05, 0.1) is 5.69 Å². The summed E-state index contributed by atoms with van der Waals surface area (Å²) in [6.45, 7) is 0. The van der Waals surface area contributed by atoms with E-state index in [0.717, 1.165) is 0 Å². The molecule has 1 aromatic rings. The minimum absolute atomic E-state index is 0.239. The van der Waals surface area contributed by atoms with Crippen LogP contribution < -0.4 is 21.8 Å². The summed E-state index contributed by atoms with van der Waals surface area (Å²) in [5, 5.41) is 24.5. The topological polar surface area (TPSA) is 156 Å². The summed E-state index contributed by atoms with van der Waals surface area (Å²) >= 11 is 0. The first-order chi connectivity index (χ1) is 10.4. The van der Waals surface area contributed by atoms with Gasteiger partial charge in [0.25, 0.3) is 11.8 Å². The van der Waals surface area contributed by atoms with Crippen LogP contribution in [0.2, 0.25) is 0 Å². The van der Waals surface area contributed by atoms with E-state index in [-0.39, 0.29) is 28.7 Å². The molecule has 0 saturated carbocycles. The first-order valence-corrected chi connectivity index (χ1v) is 6.10. The van der Waals surface area contributed by atoms with Gasteiger partial charge >= 0.3 is 0 Å². The molecular weight excluding hydrogens is 286 g/mol. The summed E-state index contributed by atoms with van der Waals surface area (Å²) in [7, 11) is 2.92. The minimum Gasteiger partial charge on any atom is -0.382 e. The summed E-state index contributed by atoms with van der Waals surface area (Å²) in [6.07, 6.45) is 0. The van der Waals surface area contributed by atoms with E-state index in [1.807, 2.05) is 0 Å². The molecule has 0 aromatic heterocycles. The second kappa shape index (κ2) is 7.39. The van der Waals surface area contributed by atoms with E-state index in [9.17, 15) is 9.59 Å². The SMILES string of the molecule is CNC(=O)c1cc(N/N=C(\C#N)C(=N)N)cc(C(=O)NC)c1. The van der Waals surface area contributed by atoms with Crippen molar-refractivity contribution in [2.24, 2.45) is 10.8 Å². The number of amidine groups is 1. The number of nitrogens with two attached hydrogens (primary N) is 1. The van der Waals surface area contributed by atoms with Crippen LogP contribution in [0.5, 0.6) is 0 Å². The molecule has 9 nitrogen and oxygen atoms in total. The lowest BCUT2D eigenvalue weighted by Crippen LogP contribution is -2.23. The quantitative estimate of drug-likeness (QED) is 0.285.